The molecule has 6 nitrogen and oxygen atoms in total. The van der Waals surface area contributed by atoms with Gasteiger partial charge in [0.15, 0.2) is 11.5 Å². The van der Waals surface area contributed by atoms with Crippen LogP contribution in [0, 0.1) is 5.92 Å². The quantitative estimate of drug-likeness (QED) is 0.796. The van der Waals surface area contributed by atoms with E-state index in [0.29, 0.717) is 5.92 Å². The molecule has 3 rings (SSSR count). The van der Waals surface area contributed by atoms with E-state index in [-0.39, 0.29) is 11.9 Å². The van der Waals surface area contributed by atoms with Gasteiger partial charge in [-0.15, -0.1) is 0 Å². The van der Waals surface area contributed by atoms with Crippen molar-refractivity contribution in [1.82, 2.24) is 15.2 Å². The van der Waals surface area contributed by atoms with Gasteiger partial charge in [0.2, 0.25) is 5.91 Å². The molecule has 1 aliphatic heterocycles. The number of hydrogen-bond donors (Lipinski definition) is 1. The summed E-state index contributed by atoms with van der Waals surface area (Å²) in [6.07, 6.45) is 3.83. The van der Waals surface area contributed by atoms with Crippen molar-refractivity contribution in [3.8, 4) is 11.5 Å². The van der Waals surface area contributed by atoms with Crippen molar-refractivity contribution >= 4 is 5.91 Å². The first-order chi connectivity index (χ1) is 13.6. The van der Waals surface area contributed by atoms with E-state index < -0.39 is 0 Å². The smallest absolute Gasteiger partial charge is 0.217 e. The van der Waals surface area contributed by atoms with E-state index in [4.69, 9.17) is 9.47 Å². The van der Waals surface area contributed by atoms with E-state index in [2.05, 4.69) is 21.3 Å². The molecule has 0 radical (unpaired) electrons. The van der Waals surface area contributed by atoms with Gasteiger partial charge in [-0.1, -0.05) is 12.1 Å². The number of rotatable bonds is 7. The molecule has 0 unspecified atom stereocenters. The normalized spacial score (nSPS) is 16.4. The Morgan fingerprint density at radius 2 is 1.93 bits per heavy atom. The number of benzene rings is 1. The van der Waals surface area contributed by atoms with Gasteiger partial charge in [-0.2, -0.15) is 0 Å². The highest BCUT2D eigenvalue weighted by Gasteiger charge is 2.29. The molecule has 0 saturated carbocycles. The van der Waals surface area contributed by atoms with Gasteiger partial charge in [0.1, 0.15) is 0 Å². The van der Waals surface area contributed by atoms with Crippen LogP contribution in [-0.2, 0) is 11.3 Å². The Morgan fingerprint density at radius 3 is 2.54 bits per heavy atom. The molecule has 28 heavy (non-hydrogen) atoms. The second-order valence-electron chi connectivity index (χ2n) is 7.24. The summed E-state index contributed by atoms with van der Waals surface area (Å²) >= 11 is 0. The number of hydrogen-bond acceptors (Lipinski definition) is 5. The summed E-state index contributed by atoms with van der Waals surface area (Å²) in [6.45, 7) is 4.42. The second-order valence-corrected chi connectivity index (χ2v) is 7.24. The van der Waals surface area contributed by atoms with E-state index in [1.54, 1.807) is 27.3 Å². The molecule has 150 valence electrons. The third-order valence-electron chi connectivity index (χ3n) is 5.32. The fourth-order valence-electron chi connectivity index (χ4n) is 3.89. The number of aromatic nitrogens is 1. The highest BCUT2D eigenvalue weighted by Crippen LogP contribution is 2.32. The average molecular weight is 383 g/mol. The number of pyridine rings is 1. The number of nitrogens with zero attached hydrogens (tertiary/aromatic N) is 2. The average Bonchev–Trinajstić information content (AvgIpc) is 2.73. The zero-order valence-electron chi connectivity index (χ0n) is 16.9. The zero-order chi connectivity index (χ0) is 19.9. The Bertz CT molecular complexity index is 774. The summed E-state index contributed by atoms with van der Waals surface area (Å²) in [5, 5.41) is 3.11. The highest BCUT2D eigenvalue weighted by molar-refractivity contribution is 5.73. The summed E-state index contributed by atoms with van der Waals surface area (Å²) in [7, 11) is 3.31. The van der Waals surface area contributed by atoms with Crippen molar-refractivity contribution < 1.29 is 14.3 Å². The van der Waals surface area contributed by atoms with Crippen LogP contribution in [-0.4, -0.2) is 43.1 Å². The predicted octanol–water partition coefficient (Wildman–Crippen LogP) is 3.19. The summed E-state index contributed by atoms with van der Waals surface area (Å²) in [5.41, 5.74) is 2.15. The van der Waals surface area contributed by atoms with Crippen LogP contribution >= 0.6 is 0 Å². The van der Waals surface area contributed by atoms with Crippen LogP contribution in [0.25, 0.3) is 0 Å². The maximum atomic E-state index is 11.7. The second kappa shape index (κ2) is 9.55. The lowest BCUT2D eigenvalue weighted by Crippen LogP contribution is -2.40. The van der Waals surface area contributed by atoms with Gasteiger partial charge < -0.3 is 14.8 Å². The summed E-state index contributed by atoms with van der Waals surface area (Å²) in [6, 6.07) is 11.9. The monoisotopic (exact) mass is 383 g/mol. The van der Waals surface area contributed by atoms with Crippen LogP contribution in [0.4, 0.5) is 0 Å². The molecule has 6 heteroatoms. The lowest BCUT2D eigenvalue weighted by Gasteiger charge is -2.36. The molecule has 0 bridgehead atoms. The number of carbonyl (C=O) groups excluding carboxylic acids is 1. The maximum Gasteiger partial charge on any atom is 0.217 e. The minimum absolute atomic E-state index is 0.0107. The standard InChI is InChI=1S/C22H29N3O3/c1-16(26)24-22(19-6-4-5-11-23-19)18-9-12-25(13-10-18)15-17-7-8-20(27-2)21(14-17)28-3/h4-8,11,14,18,22H,9-10,12-13,15H2,1-3H3,(H,24,26)/t22-/m1/s1. The SMILES string of the molecule is COc1ccc(CN2CCC([C@@H](NC(C)=O)c3ccccn3)CC2)cc1OC. The summed E-state index contributed by atoms with van der Waals surface area (Å²) in [5.74, 6) is 1.89. The van der Waals surface area contributed by atoms with Gasteiger partial charge in [-0.05, 0) is 61.7 Å². The summed E-state index contributed by atoms with van der Waals surface area (Å²) < 4.78 is 10.7. The number of nitrogens with one attached hydrogen (secondary N) is 1. The van der Waals surface area contributed by atoms with Crippen LogP contribution in [0.1, 0.15) is 37.1 Å². The van der Waals surface area contributed by atoms with Crippen LogP contribution in [0.5, 0.6) is 11.5 Å². The first kappa shape index (κ1) is 20.1. The van der Waals surface area contributed by atoms with E-state index in [1.807, 2.05) is 30.3 Å². The largest absolute Gasteiger partial charge is 0.493 e. The minimum atomic E-state index is -0.0260. The van der Waals surface area contributed by atoms with E-state index in [1.165, 1.54) is 5.56 Å². The highest BCUT2D eigenvalue weighted by atomic mass is 16.5. The molecule has 1 aromatic carbocycles. The van der Waals surface area contributed by atoms with Gasteiger partial charge in [0.25, 0.3) is 0 Å². The fraction of sp³-hybridized carbons (Fsp3) is 0.455. The molecular formula is C22H29N3O3. The molecule has 1 amide bonds. The van der Waals surface area contributed by atoms with Crippen LogP contribution in [0.15, 0.2) is 42.6 Å². The lowest BCUT2D eigenvalue weighted by molar-refractivity contribution is -0.120. The Morgan fingerprint density at radius 1 is 1.18 bits per heavy atom. The molecule has 1 fully saturated rings. The van der Waals surface area contributed by atoms with Gasteiger partial charge >= 0.3 is 0 Å². The van der Waals surface area contributed by atoms with Gasteiger partial charge in [-0.25, -0.2) is 0 Å². The van der Waals surface area contributed by atoms with Gasteiger partial charge in [0, 0.05) is 19.7 Å². The first-order valence-corrected chi connectivity index (χ1v) is 9.72. The topological polar surface area (TPSA) is 63.7 Å². The van der Waals surface area contributed by atoms with Crippen molar-refractivity contribution in [3.05, 3.63) is 53.9 Å². The Labute approximate surface area is 166 Å². The number of amides is 1. The Hall–Kier alpha value is -2.60. The van der Waals surface area contributed by atoms with Gasteiger partial charge in [-0.3, -0.25) is 14.7 Å². The lowest BCUT2D eigenvalue weighted by atomic mass is 9.87. The van der Waals surface area contributed by atoms with Crippen molar-refractivity contribution in [2.24, 2.45) is 5.92 Å². The molecule has 1 atom stereocenters. The molecule has 2 heterocycles. The van der Waals surface area contributed by atoms with Crippen LogP contribution < -0.4 is 14.8 Å². The predicted molar refractivity (Wildman–Crippen MR) is 108 cm³/mol. The molecule has 1 N–H and O–H groups in total. The van der Waals surface area contributed by atoms with E-state index in [9.17, 15) is 4.79 Å². The molecule has 1 saturated heterocycles. The number of methoxy groups -OCH3 is 2. The van der Waals surface area contributed by atoms with Crippen molar-refractivity contribution in [2.75, 3.05) is 27.3 Å². The Balaban J connectivity index is 1.62. The third kappa shape index (κ3) is 5.01. The van der Waals surface area contributed by atoms with Crippen molar-refractivity contribution in [1.29, 1.82) is 0 Å². The molecule has 0 aliphatic carbocycles. The van der Waals surface area contributed by atoms with Crippen LogP contribution in [0.3, 0.4) is 0 Å². The minimum Gasteiger partial charge on any atom is -0.493 e. The van der Waals surface area contributed by atoms with Gasteiger partial charge in [0.05, 0.1) is 26.0 Å². The third-order valence-corrected chi connectivity index (χ3v) is 5.32. The van der Waals surface area contributed by atoms with Crippen molar-refractivity contribution in [3.63, 3.8) is 0 Å². The molecule has 2 aromatic rings. The molecule has 1 aliphatic rings. The van der Waals surface area contributed by atoms with Crippen molar-refractivity contribution in [2.45, 2.75) is 32.4 Å². The van der Waals surface area contributed by atoms with E-state index in [0.717, 1.165) is 49.7 Å². The maximum absolute atomic E-state index is 11.7. The van der Waals surface area contributed by atoms with Crippen LogP contribution in [0.2, 0.25) is 0 Å². The molecule has 0 spiro atoms. The number of ether oxygens (including phenoxy) is 2. The molecular weight excluding hydrogens is 354 g/mol. The first-order valence-electron chi connectivity index (χ1n) is 9.72. The summed E-state index contributed by atoms with van der Waals surface area (Å²) in [4.78, 5) is 18.6. The number of likely N-dealkylation sites (tertiary alicyclic amines) is 1. The number of piperidine rings is 1. The van der Waals surface area contributed by atoms with E-state index >= 15 is 0 Å². The molecule has 1 aromatic heterocycles. The zero-order valence-corrected chi connectivity index (χ0v) is 16.9. The fourth-order valence-corrected chi connectivity index (χ4v) is 3.89. The number of carbonyl (C=O) groups is 1. The Kier molecular flexibility index (Phi) is 6.87.